The summed E-state index contributed by atoms with van der Waals surface area (Å²) >= 11 is 0. The molecule has 0 aliphatic carbocycles. The molecule has 0 spiro atoms. The zero-order chi connectivity index (χ0) is 18.6. The first-order chi connectivity index (χ1) is 12.6. The molecule has 2 aromatic rings. The van der Waals surface area contributed by atoms with E-state index < -0.39 is 5.72 Å². The van der Waals surface area contributed by atoms with Crippen molar-refractivity contribution in [3.63, 3.8) is 0 Å². The van der Waals surface area contributed by atoms with Gasteiger partial charge in [-0.25, -0.2) is 0 Å². The fourth-order valence-electron chi connectivity index (χ4n) is 3.16. The van der Waals surface area contributed by atoms with E-state index in [4.69, 9.17) is 4.74 Å². The van der Waals surface area contributed by atoms with E-state index >= 15 is 0 Å². The third-order valence-corrected chi connectivity index (χ3v) is 4.71. The lowest BCUT2D eigenvalue weighted by Gasteiger charge is -2.31. The van der Waals surface area contributed by atoms with Crippen LogP contribution >= 0.6 is 0 Å². The standard InChI is InChI=1S/C21H24N2O3/c1-3-18-15-21(25,17-10-12-19(26-2)13-11-17)23(22-18)20(24)14-9-16-7-5-4-6-8-16/h4-8,10-13,25H,3,9,14-15H2,1-2H3/t21-/m1/s1. The van der Waals surface area contributed by atoms with Crippen LogP contribution < -0.4 is 4.74 Å². The molecule has 1 heterocycles. The third-order valence-electron chi connectivity index (χ3n) is 4.71. The van der Waals surface area contributed by atoms with E-state index in [0.29, 0.717) is 37.0 Å². The maximum absolute atomic E-state index is 12.8. The van der Waals surface area contributed by atoms with Gasteiger partial charge in [-0.1, -0.05) is 49.4 Å². The number of ether oxygens (including phenoxy) is 1. The summed E-state index contributed by atoms with van der Waals surface area (Å²) in [6, 6.07) is 17.0. The highest BCUT2D eigenvalue weighted by molar-refractivity contribution is 5.90. The summed E-state index contributed by atoms with van der Waals surface area (Å²) in [7, 11) is 1.59. The van der Waals surface area contributed by atoms with Crippen LogP contribution in [0.4, 0.5) is 0 Å². The number of nitrogens with zero attached hydrogens (tertiary/aromatic N) is 2. The van der Waals surface area contributed by atoms with Crippen molar-refractivity contribution in [1.82, 2.24) is 5.01 Å². The summed E-state index contributed by atoms with van der Waals surface area (Å²) in [5, 5.41) is 17.0. The number of methoxy groups -OCH3 is 1. The third kappa shape index (κ3) is 3.63. The van der Waals surface area contributed by atoms with Crippen molar-refractivity contribution in [2.45, 2.75) is 38.3 Å². The Balaban J connectivity index is 1.81. The molecule has 0 aromatic heterocycles. The lowest BCUT2D eigenvalue weighted by molar-refractivity contribution is -0.157. The van der Waals surface area contributed by atoms with E-state index in [1.165, 1.54) is 5.01 Å². The number of hydrogen-bond acceptors (Lipinski definition) is 4. The number of hydrazone groups is 1. The van der Waals surface area contributed by atoms with Gasteiger partial charge in [0.2, 0.25) is 5.91 Å². The Hall–Kier alpha value is -2.66. The zero-order valence-electron chi connectivity index (χ0n) is 15.2. The summed E-state index contributed by atoms with van der Waals surface area (Å²) in [4.78, 5) is 12.8. The Morgan fingerprint density at radius 2 is 1.88 bits per heavy atom. The van der Waals surface area contributed by atoms with Crippen LogP contribution in [-0.2, 0) is 16.9 Å². The molecule has 1 atom stereocenters. The number of amides is 1. The average Bonchev–Trinajstić information content (AvgIpc) is 3.05. The number of carbonyl (C=O) groups excluding carboxylic acids is 1. The van der Waals surface area contributed by atoms with Gasteiger partial charge in [0.05, 0.1) is 7.11 Å². The van der Waals surface area contributed by atoms with Gasteiger partial charge in [-0.05, 0) is 30.5 Å². The molecule has 5 nitrogen and oxygen atoms in total. The van der Waals surface area contributed by atoms with Crippen LogP contribution in [0, 0.1) is 0 Å². The Labute approximate surface area is 153 Å². The van der Waals surface area contributed by atoms with Crippen molar-refractivity contribution in [2.75, 3.05) is 7.11 Å². The van der Waals surface area contributed by atoms with Crippen LogP contribution in [0.15, 0.2) is 59.7 Å². The molecule has 1 N–H and O–H groups in total. The second kappa shape index (κ2) is 7.70. The van der Waals surface area contributed by atoms with Gasteiger partial charge < -0.3 is 9.84 Å². The van der Waals surface area contributed by atoms with Gasteiger partial charge in [0.1, 0.15) is 5.75 Å². The highest BCUT2D eigenvalue weighted by Gasteiger charge is 2.45. The van der Waals surface area contributed by atoms with E-state index in [1.54, 1.807) is 31.4 Å². The number of aliphatic hydroxyl groups is 1. The van der Waals surface area contributed by atoms with E-state index in [2.05, 4.69) is 5.10 Å². The average molecular weight is 352 g/mol. The van der Waals surface area contributed by atoms with Gasteiger partial charge in [0.15, 0.2) is 5.72 Å². The molecule has 0 saturated heterocycles. The number of aryl methyl sites for hydroxylation is 1. The van der Waals surface area contributed by atoms with Gasteiger partial charge in [0, 0.05) is 24.1 Å². The van der Waals surface area contributed by atoms with Crippen molar-refractivity contribution >= 4 is 11.6 Å². The molecule has 0 radical (unpaired) electrons. The Kier molecular flexibility index (Phi) is 5.38. The molecular weight excluding hydrogens is 328 g/mol. The summed E-state index contributed by atoms with van der Waals surface area (Å²) in [5.74, 6) is 0.518. The Bertz CT molecular complexity index is 787. The largest absolute Gasteiger partial charge is 0.497 e. The van der Waals surface area contributed by atoms with E-state index in [0.717, 1.165) is 11.3 Å². The molecule has 3 rings (SSSR count). The minimum atomic E-state index is -1.44. The topological polar surface area (TPSA) is 62.1 Å². The van der Waals surface area contributed by atoms with Gasteiger partial charge >= 0.3 is 0 Å². The summed E-state index contributed by atoms with van der Waals surface area (Å²) in [6.45, 7) is 1.98. The maximum Gasteiger partial charge on any atom is 0.245 e. The summed E-state index contributed by atoms with van der Waals surface area (Å²) in [5.41, 5.74) is 1.11. The number of hydrogen-bond donors (Lipinski definition) is 1. The molecule has 26 heavy (non-hydrogen) atoms. The van der Waals surface area contributed by atoms with Crippen LogP contribution in [0.3, 0.4) is 0 Å². The van der Waals surface area contributed by atoms with E-state index in [9.17, 15) is 9.90 Å². The lowest BCUT2D eigenvalue weighted by atomic mass is 9.96. The fraction of sp³-hybridized carbons (Fsp3) is 0.333. The molecule has 1 aliphatic heterocycles. The molecule has 0 bridgehead atoms. The maximum atomic E-state index is 12.8. The first kappa shape index (κ1) is 18.1. The smallest absolute Gasteiger partial charge is 0.245 e. The van der Waals surface area contributed by atoms with Crippen molar-refractivity contribution in [2.24, 2.45) is 5.10 Å². The molecule has 136 valence electrons. The van der Waals surface area contributed by atoms with Crippen molar-refractivity contribution < 1.29 is 14.6 Å². The SMILES string of the molecule is CCC1=NN(C(=O)CCc2ccccc2)[C@](O)(c2ccc(OC)cc2)C1. The molecule has 2 aromatic carbocycles. The summed E-state index contributed by atoms with van der Waals surface area (Å²) in [6.07, 6.45) is 1.93. The van der Waals surface area contributed by atoms with Crippen LogP contribution in [0.1, 0.15) is 37.3 Å². The van der Waals surface area contributed by atoms with Crippen molar-refractivity contribution in [3.8, 4) is 5.75 Å². The van der Waals surface area contributed by atoms with Gasteiger partial charge in [-0.15, -0.1) is 0 Å². The fourth-order valence-corrected chi connectivity index (χ4v) is 3.16. The molecule has 1 amide bonds. The minimum Gasteiger partial charge on any atom is -0.497 e. The first-order valence-corrected chi connectivity index (χ1v) is 8.87. The van der Waals surface area contributed by atoms with Crippen molar-refractivity contribution in [3.05, 3.63) is 65.7 Å². The minimum absolute atomic E-state index is 0.185. The zero-order valence-corrected chi connectivity index (χ0v) is 15.2. The lowest BCUT2D eigenvalue weighted by Crippen LogP contribution is -2.43. The van der Waals surface area contributed by atoms with Crippen LogP contribution in [-0.4, -0.2) is 28.8 Å². The summed E-state index contributed by atoms with van der Waals surface area (Å²) < 4.78 is 5.18. The second-order valence-corrected chi connectivity index (χ2v) is 6.43. The van der Waals surface area contributed by atoms with Crippen LogP contribution in [0.5, 0.6) is 5.75 Å². The molecule has 5 heteroatoms. The number of benzene rings is 2. The quantitative estimate of drug-likeness (QED) is 0.866. The van der Waals surface area contributed by atoms with Gasteiger partial charge in [0.25, 0.3) is 0 Å². The molecular formula is C21H24N2O3. The van der Waals surface area contributed by atoms with E-state index in [-0.39, 0.29) is 5.91 Å². The number of rotatable bonds is 6. The Morgan fingerprint density at radius 1 is 1.19 bits per heavy atom. The Morgan fingerprint density at radius 3 is 2.50 bits per heavy atom. The van der Waals surface area contributed by atoms with E-state index in [1.807, 2.05) is 37.3 Å². The number of carbonyl (C=O) groups is 1. The molecule has 0 fully saturated rings. The molecule has 1 aliphatic rings. The highest BCUT2D eigenvalue weighted by atomic mass is 16.5. The highest BCUT2D eigenvalue weighted by Crippen LogP contribution is 2.37. The monoisotopic (exact) mass is 352 g/mol. The van der Waals surface area contributed by atoms with Crippen LogP contribution in [0.25, 0.3) is 0 Å². The first-order valence-electron chi connectivity index (χ1n) is 8.87. The van der Waals surface area contributed by atoms with Gasteiger partial charge in [-0.2, -0.15) is 10.1 Å². The molecule has 0 unspecified atom stereocenters. The molecule has 0 saturated carbocycles. The van der Waals surface area contributed by atoms with Gasteiger partial charge in [-0.3, -0.25) is 4.79 Å². The van der Waals surface area contributed by atoms with Crippen molar-refractivity contribution in [1.29, 1.82) is 0 Å². The second-order valence-electron chi connectivity index (χ2n) is 6.43. The predicted octanol–water partition coefficient (Wildman–Crippen LogP) is 3.47. The predicted molar refractivity (Wildman–Crippen MR) is 101 cm³/mol. The van der Waals surface area contributed by atoms with Crippen LogP contribution in [0.2, 0.25) is 0 Å². The normalized spacial score (nSPS) is 19.3.